The summed E-state index contributed by atoms with van der Waals surface area (Å²) in [6, 6.07) is 9.66. The van der Waals surface area contributed by atoms with Gasteiger partial charge in [0, 0.05) is 0 Å². The lowest BCUT2D eigenvalue weighted by Gasteiger charge is -2.16. The van der Waals surface area contributed by atoms with Gasteiger partial charge in [0.15, 0.2) is 0 Å². The molecule has 0 N–H and O–H groups in total. The number of carbonyl (C=O) groups excluding carboxylic acids is 2. The molecule has 1 aliphatic heterocycles. The maximum Gasteiger partial charge on any atom is 0.417 e. The van der Waals surface area contributed by atoms with Crippen molar-refractivity contribution < 1.29 is 35.9 Å². The van der Waals surface area contributed by atoms with Crippen LogP contribution in [-0.2, 0) is 20.9 Å². The average Bonchev–Trinajstić information content (AvgIpc) is 2.82. The van der Waals surface area contributed by atoms with Crippen LogP contribution in [0.5, 0.6) is 0 Å². The molecule has 1 heterocycles. The summed E-state index contributed by atoms with van der Waals surface area (Å²) in [5.41, 5.74) is -1.86. The molecule has 0 saturated heterocycles. The molecule has 3 rings (SSSR count). The van der Waals surface area contributed by atoms with E-state index in [2.05, 4.69) is 0 Å². The summed E-state index contributed by atoms with van der Waals surface area (Å²) < 4.78 is 68.8. The fourth-order valence-corrected chi connectivity index (χ4v) is 4.21. The number of benzene rings is 2. The van der Waals surface area contributed by atoms with Gasteiger partial charge in [-0.2, -0.15) is 13.2 Å². The van der Waals surface area contributed by atoms with Crippen LogP contribution in [0.1, 0.15) is 26.3 Å². The highest BCUT2D eigenvalue weighted by molar-refractivity contribution is 7.90. The number of carbonyl (C=O) groups is 2. The van der Waals surface area contributed by atoms with Gasteiger partial charge in [0.25, 0.3) is 15.9 Å². The first-order valence-electron chi connectivity index (χ1n) is 7.63. The second-order valence-corrected chi connectivity index (χ2v) is 7.39. The van der Waals surface area contributed by atoms with Crippen LogP contribution in [0.3, 0.4) is 0 Å². The Bertz CT molecular complexity index is 1020. The highest BCUT2D eigenvalue weighted by Gasteiger charge is 2.41. The highest BCUT2D eigenvalue weighted by Crippen LogP contribution is 2.32. The summed E-state index contributed by atoms with van der Waals surface area (Å²) in [6.45, 7) is -1.08. The van der Waals surface area contributed by atoms with E-state index in [9.17, 15) is 31.2 Å². The molecule has 2 aromatic rings. The topological polar surface area (TPSA) is 80.8 Å². The van der Waals surface area contributed by atoms with E-state index in [1.165, 1.54) is 30.3 Å². The van der Waals surface area contributed by atoms with Crippen molar-refractivity contribution in [3.8, 4) is 0 Å². The second-order valence-electron chi connectivity index (χ2n) is 5.56. The van der Waals surface area contributed by atoms with Crippen molar-refractivity contribution in [2.24, 2.45) is 0 Å². The van der Waals surface area contributed by atoms with E-state index in [-0.39, 0.29) is 10.5 Å². The number of esters is 1. The van der Waals surface area contributed by atoms with Crippen LogP contribution in [0.25, 0.3) is 0 Å². The smallest absolute Gasteiger partial charge is 0.417 e. The SMILES string of the molecule is O=C(OCCN1C(=O)c2ccccc2S1(=O)=O)c1ccccc1C(F)(F)F. The van der Waals surface area contributed by atoms with Gasteiger partial charge in [0.2, 0.25) is 0 Å². The fraction of sp³-hybridized carbons (Fsp3) is 0.176. The normalized spacial score (nSPS) is 15.5. The van der Waals surface area contributed by atoms with Crippen molar-refractivity contribution in [3.05, 3.63) is 65.2 Å². The summed E-state index contributed by atoms with van der Waals surface area (Å²) in [4.78, 5) is 24.0. The number of fused-ring (bicyclic) bond motifs is 1. The van der Waals surface area contributed by atoms with E-state index in [4.69, 9.17) is 4.74 Å². The Kier molecular flexibility index (Phi) is 4.68. The van der Waals surface area contributed by atoms with E-state index in [0.717, 1.165) is 18.2 Å². The van der Waals surface area contributed by atoms with Crippen molar-refractivity contribution >= 4 is 21.9 Å². The molecule has 0 fully saturated rings. The van der Waals surface area contributed by atoms with Gasteiger partial charge < -0.3 is 4.74 Å². The molecule has 2 aromatic carbocycles. The van der Waals surface area contributed by atoms with Crippen LogP contribution in [-0.4, -0.2) is 37.8 Å². The monoisotopic (exact) mass is 399 g/mol. The van der Waals surface area contributed by atoms with E-state index < -0.39 is 52.4 Å². The molecule has 27 heavy (non-hydrogen) atoms. The third-order valence-corrected chi connectivity index (χ3v) is 5.73. The van der Waals surface area contributed by atoms with Crippen LogP contribution >= 0.6 is 0 Å². The van der Waals surface area contributed by atoms with E-state index in [0.29, 0.717) is 4.31 Å². The molecule has 6 nitrogen and oxygen atoms in total. The predicted molar refractivity (Wildman–Crippen MR) is 86.4 cm³/mol. The van der Waals surface area contributed by atoms with Gasteiger partial charge in [0.05, 0.1) is 23.2 Å². The minimum Gasteiger partial charge on any atom is -0.460 e. The summed E-state index contributed by atoms with van der Waals surface area (Å²) in [5.74, 6) is -2.04. The summed E-state index contributed by atoms with van der Waals surface area (Å²) in [5, 5.41) is 0. The zero-order chi connectivity index (χ0) is 19.8. The minimum atomic E-state index is -4.74. The maximum absolute atomic E-state index is 12.9. The molecular formula is C17H12F3NO5S. The van der Waals surface area contributed by atoms with Crippen LogP contribution < -0.4 is 0 Å². The largest absolute Gasteiger partial charge is 0.460 e. The van der Waals surface area contributed by atoms with Crippen LogP contribution in [0, 0.1) is 0 Å². The number of ether oxygens (including phenoxy) is 1. The average molecular weight is 399 g/mol. The van der Waals surface area contributed by atoms with Crippen molar-refractivity contribution in [1.29, 1.82) is 0 Å². The molecule has 0 spiro atoms. The maximum atomic E-state index is 12.9. The molecule has 0 radical (unpaired) electrons. The van der Waals surface area contributed by atoms with Crippen LogP contribution in [0.15, 0.2) is 53.4 Å². The van der Waals surface area contributed by atoms with Crippen molar-refractivity contribution in [1.82, 2.24) is 4.31 Å². The van der Waals surface area contributed by atoms with Gasteiger partial charge in [0.1, 0.15) is 11.5 Å². The molecule has 0 saturated carbocycles. The predicted octanol–water partition coefficient (Wildman–Crippen LogP) is 2.71. The Morgan fingerprint density at radius 2 is 1.67 bits per heavy atom. The number of halogens is 3. The third kappa shape index (κ3) is 3.39. The van der Waals surface area contributed by atoms with Gasteiger partial charge in [-0.25, -0.2) is 17.5 Å². The zero-order valence-corrected chi connectivity index (χ0v) is 14.4. The number of sulfonamides is 1. The Hall–Kier alpha value is -2.88. The molecule has 0 aliphatic carbocycles. The Morgan fingerprint density at radius 1 is 1.04 bits per heavy atom. The summed E-state index contributed by atoms with van der Waals surface area (Å²) >= 11 is 0. The Labute approximate surface area is 152 Å². The van der Waals surface area contributed by atoms with Gasteiger partial charge in [-0.15, -0.1) is 0 Å². The van der Waals surface area contributed by atoms with E-state index >= 15 is 0 Å². The second kappa shape index (κ2) is 6.69. The molecule has 0 unspecified atom stereocenters. The van der Waals surface area contributed by atoms with Gasteiger partial charge in [-0.3, -0.25) is 4.79 Å². The third-order valence-electron chi connectivity index (χ3n) is 3.89. The number of amides is 1. The summed E-state index contributed by atoms with van der Waals surface area (Å²) in [6.07, 6.45) is -4.74. The highest BCUT2D eigenvalue weighted by atomic mass is 32.2. The molecule has 1 aliphatic rings. The number of rotatable bonds is 4. The first-order valence-corrected chi connectivity index (χ1v) is 9.07. The van der Waals surface area contributed by atoms with Crippen LogP contribution in [0.4, 0.5) is 13.2 Å². The van der Waals surface area contributed by atoms with Gasteiger partial charge >= 0.3 is 12.1 Å². The molecule has 0 atom stereocenters. The number of hydrogen-bond acceptors (Lipinski definition) is 5. The minimum absolute atomic E-state index is 0.00811. The number of nitrogens with zero attached hydrogens (tertiary/aromatic N) is 1. The van der Waals surface area contributed by atoms with E-state index in [1.54, 1.807) is 0 Å². The molecule has 0 bridgehead atoms. The molecule has 142 valence electrons. The fourth-order valence-electron chi connectivity index (χ4n) is 2.66. The Balaban J connectivity index is 1.72. The van der Waals surface area contributed by atoms with Gasteiger partial charge in [-0.1, -0.05) is 24.3 Å². The van der Waals surface area contributed by atoms with Gasteiger partial charge in [-0.05, 0) is 24.3 Å². The number of alkyl halides is 3. The first kappa shape index (κ1) is 18.9. The zero-order valence-electron chi connectivity index (χ0n) is 13.6. The van der Waals surface area contributed by atoms with Crippen molar-refractivity contribution in [2.75, 3.05) is 13.2 Å². The standard InChI is InChI=1S/C17H12F3NO5S/c18-17(19,20)13-7-3-1-5-11(13)16(23)26-10-9-21-15(22)12-6-2-4-8-14(12)27(21,24)25/h1-8H,9-10H2. The lowest BCUT2D eigenvalue weighted by molar-refractivity contribution is -0.138. The van der Waals surface area contributed by atoms with Crippen LogP contribution in [0.2, 0.25) is 0 Å². The van der Waals surface area contributed by atoms with E-state index in [1.807, 2.05) is 0 Å². The molecule has 0 aromatic heterocycles. The Morgan fingerprint density at radius 3 is 2.33 bits per heavy atom. The molecule has 1 amide bonds. The first-order chi connectivity index (χ1) is 12.6. The quantitative estimate of drug-likeness (QED) is 0.739. The molecule has 10 heteroatoms. The van der Waals surface area contributed by atoms with Crippen molar-refractivity contribution in [3.63, 3.8) is 0 Å². The lowest BCUT2D eigenvalue weighted by Crippen LogP contribution is -2.33. The number of hydrogen-bond donors (Lipinski definition) is 0. The lowest BCUT2D eigenvalue weighted by atomic mass is 10.1. The summed E-state index contributed by atoms with van der Waals surface area (Å²) in [7, 11) is -4.08. The molecular weight excluding hydrogens is 387 g/mol. The van der Waals surface area contributed by atoms with Crippen molar-refractivity contribution in [2.45, 2.75) is 11.1 Å².